The summed E-state index contributed by atoms with van der Waals surface area (Å²) in [7, 11) is 1.74. The van der Waals surface area contributed by atoms with E-state index < -0.39 is 5.54 Å². The molecule has 0 heterocycles. The summed E-state index contributed by atoms with van der Waals surface area (Å²) in [5, 5.41) is 2.95. The molecule has 5 heteroatoms. The van der Waals surface area contributed by atoms with Gasteiger partial charge in [-0.15, -0.1) is 11.8 Å². The van der Waals surface area contributed by atoms with E-state index in [1.54, 1.807) is 25.7 Å². The van der Waals surface area contributed by atoms with Gasteiger partial charge in [0.05, 0.1) is 0 Å². The molecule has 0 aliphatic rings. The third-order valence-corrected chi connectivity index (χ3v) is 4.29. The Morgan fingerprint density at radius 2 is 2.06 bits per heavy atom. The lowest BCUT2D eigenvalue weighted by Crippen LogP contribution is -2.53. The number of thioether (sulfide) groups is 1. The van der Waals surface area contributed by atoms with E-state index in [1.165, 1.54) is 0 Å². The summed E-state index contributed by atoms with van der Waals surface area (Å²) in [6.45, 7) is 1.81. The van der Waals surface area contributed by atoms with Crippen LogP contribution in [-0.2, 0) is 4.79 Å². The number of halogens is 1. The van der Waals surface area contributed by atoms with E-state index in [2.05, 4.69) is 21.2 Å². The summed E-state index contributed by atoms with van der Waals surface area (Å²) in [6, 6.07) is 7.96. The van der Waals surface area contributed by atoms with Crippen molar-refractivity contribution >= 4 is 33.6 Å². The smallest absolute Gasteiger partial charge is 0.238 e. The molecule has 0 radical (unpaired) electrons. The lowest BCUT2D eigenvalue weighted by molar-refractivity contribution is -0.122. The first-order chi connectivity index (χ1) is 7.48. The summed E-state index contributed by atoms with van der Waals surface area (Å²) in [5.41, 5.74) is 4.68. The van der Waals surface area contributed by atoms with Crippen molar-refractivity contribution in [2.45, 2.75) is 17.4 Å². The predicted molar refractivity (Wildman–Crippen MR) is 71.5 cm³/mol. The quantitative estimate of drug-likeness (QED) is 0.818. The maximum Gasteiger partial charge on any atom is 0.238 e. The van der Waals surface area contributed by atoms with E-state index >= 15 is 0 Å². The molecule has 0 saturated heterocycles. The van der Waals surface area contributed by atoms with Crippen LogP contribution in [0.15, 0.2) is 33.6 Å². The van der Waals surface area contributed by atoms with Crippen molar-refractivity contribution in [2.75, 3.05) is 12.8 Å². The molecule has 0 fully saturated rings. The second-order valence-electron chi connectivity index (χ2n) is 3.69. The van der Waals surface area contributed by atoms with Gasteiger partial charge in [0.1, 0.15) is 5.54 Å². The van der Waals surface area contributed by atoms with E-state index in [9.17, 15) is 4.79 Å². The number of nitrogens with one attached hydrogen (secondary N) is 1. The summed E-state index contributed by atoms with van der Waals surface area (Å²) < 4.78 is 1.04. The minimum atomic E-state index is -0.669. The van der Waals surface area contributed by atoms with Crippen LogP contribution in [0, 0.1) is 0 Å². The first-order valence-electron chi connectivity index (χ1n) is 4.85. The van der Waals surface area contributed by atoms with Gasteiger partial charge in [0.25, 0.3) is 0 Å². The highest BCUT2D eigenvalue weighted by molar-refractivity contribution is 9.10. The number of likely N-dealkylation sites (N-methyl/N-ethyl adjacent to an activating group) is 1. The monoisotopic (exact) mass is 302 g/mol. The number of amides is 1. The number of rotatable bonds is 5. The van der Waals surface area contributed by atoms with Crippen molar-refractivity contribution < 1.29 is 4.79 Å². The Morgan fingerprint density at radius 1 is 1.50 bits per heavy atom. The van der Waals surface area contributed by atoms with Crippen molar-refractivity contribution in [3.8, 4) is 0 Å². The normalized spacial score (nSPS) is 14.4. The van der Waals surface area contributed by atoms with Gasteiger partial charge >= 0.3 is 0 Å². The maximum absolute atomic E-state index is 11.3. The van der Waals surface area contributed by atoms with Crippen LogP contribution in [0.25, 0.3) is 0 Å². The Hall–Kier alpha value is -0.520. The Labute approximate surface area is 108 Å². The summed E-state index contributed by atoms with van der Waals surface area (Å²) in [6.07, 6.45) is 0. The van der Waals surface area contributed by atoms with Crippen LogP contribution in [0.3, 0.4) is 0 Å². The van der Waals surface area contributed by atoms with Gasteiger partial charge < -0.3 is 11.1 Å². The van der Waals surface area contributed by atoms with Crippen LogP contribution in [0.5, 0.6) is 0 Å². The first kappa shape index (κ1) is 13.5. The molecule has 1 rings (SSSR count). The number of carbonyl (C=O) groups excluding carboxylic acids is 1. The Balaban J connectivity index is 2.63. The van der Waals surface area contributed by atoms with Crippen LogP contribution in [0.2, 0.25) is 0 Å². The molecule has 0 aliphatic heterocycles. The molecular formula is C11H15BrN2OS. The van der Waals surface area contributed by atoms with Crippen molar-refractivity contribution in [1.29, 1.82) is 0 Å². The molecule has 0 saturated carbocycles. The fourth-order valence-corrected chi connectivity index (χ4v) is 2.36. The van der Waals surface area contributed by atoms with Gasteiger partial charge in [-0.3, -0.25) is 4.79 Å². The number of primary amides is 1. The molecule has 16 heavy (non-hydrogen) atoms. The molecule has 88 valence electrons. The van der Waals surface area contributed by atoms with E-state index in [1.807, 2.05) is 24.3 Å². The van der Waals surface area contributed by atoms with Crippen molar-refractivity contribution in [3.63, 3.8) is 0 Å². The topological polar surface area (TPSA) is 55.1 Å². The summed E-state index contributed by atoms with van der Waals surface area (Å²) in [5.74, 6) is 0.278. The summed E-state index contributed by atoms with van der Waals surface area (Å²) >= 11 is 4.98. The fourth-order valence-electron chi connectivity index (χ4n) is 1.02. The van der Waals surface area contributed by atoms with E-state index in [0.29, 0.717) is 5.75 Å². The van der Waals surface area contributed by atoms with Gasteiger partial charge in [-0.2, -0.15) is 0 Å². The Morgan fingerprint density at radius 3 is 2.50 bits per heavy atom. The second-order valence-corrected chi connectivity index (χ2v) is 5.65. The average Bonchev–Trinajstić information content (AvgIpc) is 2.27. The Kier molecular flexibility index (Phi) is 4.83. The van der Waals surface area contributed by atoms with Crippen LogP contribution in [-0.4, -0.2) is 24.2 Å². The molecule has 3 nitrogen and oxygen atoms in total. The SMILES string of the molecule is CNC(C)(CSc1ccc(Br)cc1)C(N)=O. The second kappa shape index (κ2) is 5.70. The van der Waals surface area contributed by atoms with Crippen molar-refractivity contribution in [1.82, 2.24) is 5.32 Å². The van der Waals surface area contributed by atoms with Crippen LogP contribution in [0.4, 0.5) is 0 Å². The third-order valence-electron chi connectivity index (χ3n) is 2.44. The highest BCUT2D eigenvalue weighted by atomic mass is 79.9. The molecule has 0 spiro atoms. The van der Waals surface area contributed by atoms with E-state index in [-0.39, 0.29) is 5.91 Å². The van der Waals surface area contributed by atoms with Crippen LogP contribution >= 0.6 is 27.7 Å². The van der Waals surface area contributed by atoms with Crippen molar-refractivity contribution in [2.24, 2.45) is 5.73 Å². The maximum atomic E-state index is 11.3. The number of benzene rings is 1. The first-order valence-corrected chi connectivity index (χ1v) is 6.63. The fraction of sp³-hybridized carbons (Fsp3) is 0.364. The number of nitrogens with two attached hydrogens (primary N) is 1. The zero-order valence-corrected chi connectivity index (χ0v) is 11.7. The Bertz CT molecular complexity index is 369. The molecule has 1 atom stereocenters. The largest absolute Gasteiger partial charge is 0.368 e. The van der Waals surface area contributed by atoms with E-state index in [0.717, 1.165) is 9.37 Å². The summed E-state index contributed by atoms with van der Waals surface area (Å²) in [4.78, 5) is 12.4. The van der Waals surface area contributed by atoms with Gasteiger partial charge in [0.2, 0.25) is 5.91 Å². The number of hydrogen-bond acceptors (Lipinski definition) is 3. The highest BCUT2D eigenvalue weighted by Gasteiger charge is 2.28. The molecule has 0 aromatic heterocycles. The number of carbonyl (C=O) groups is 1. The van der Waals surface area contributed by atoms with Gasteiger partial charge in [0.15, 0.2) is 0 Å². The third kappa shape index (κ3) is 3.50. The molecule has 1 amide bonds. The molecular weight excluding hydrogens is 288 g/mol. The minimum Gasteiger partial charge on any atom is -0.368 e. The van der Waals surface area contributed by atoms with Crippen molar-refractivity contribution in [3.05, 3.63) is 28.7 Å². The zero-order chi connectivity index (χ0) is 12.2. The average molecular weight is 303 g/mol. The lowest BCUT2D eigenvalue weighted by atomic mass is 10.1. The highest BCUT2D eigenvalue weighted by Crippen LogP contribution is 2.24. The molecule has 0 aliphatic carbocycles. The number of hydrogen-bond donors (Lipinski definition) is 2. The lowest BCUT2D eigenvalue weighted by Gasteiger charge is -2.24. The van der Waals surface area contributed by atoms with Gasteiger partial charge in [0, 0.05) is 15.1 Å². The van der Waals surface area contributed by atoms with E-state index in [4.69, 9.17) is 5.73 Å². The molecule has 1 aromatic carbocycles. The molecule has 1 aromatic rings. The molecule has 0 bridgehead atoms. The minimum absolute atomic E-state index is 0.334. The van der Waals surface area contributed by atoms with Gasteiger partial charge in [-0.1, -0.05) is 15.9 Å². The predicted octanol–water partition coefficient (Wildman–Crippen LogP) is 2.00. The van der Waals surface area contributed by atoms with Gasteiger partial charge in [-0.05, 0) is 38.2 Å². The zero-order valence-electron chi connectivity index (χ0n) is 9.29. The molecule has 1 unspecified atom stereocenters. The standard InChI is InChI=1S/C11H15BrN2OS/c1-11(14-2,10(13)15)7-16-9-5-3-8(12)4-6-9/h3-6,14H,7H2,1-2H3,(H2,13,15). The van der Waals surface area contributed by atoms with Crippen LogP contribution < -0.4 is 11.1 Å². The molecule has 3 N–H and O–H groups in total. The van der Waals surface area contributed by atoms with Gasteiger partial charge in [-0.25, -0.2) is 0 Å². The van der Waals surface area contributed by atoms with Crippen LogP contribution in [0.1, 0.15) is 6.92 Å².